The van der Waals surface area contributed by atoms with Gasteiger partial charge in [-0.05, 0) is 24.3 Å². The molecule has 2 heterocycles. The molecule has 5 nitrogen and oxygen atoms in total. The van der Waals surface area contributed by atoms with E-state index in [1.807, 2.05) is 30.0 Å². The monoisotopic (exact) mass is 309 g/mol. The van der Waals surface area contributed by atoms with Crippen molar-refractivity contribution < 1.29 is 19.0 Å². The molecular formula is C15H19NO4S. The Morgan fingerprint density at radius 3 is 3.00 bits per heavy atom. The molecule has 0 bridgehead atoms. The van der Waals surface area contributed by atoms with Crippen molar-refractivity contribution in [3.8, 4) is 11.5 Å². The van der Waals surface area contributed by atoms with Gasteiger partial charge in [-0.2, -0.15) is 11.8 Å². The molecule has 1 N–H and O–H groups in total. The first kappa shape index (κ1) is 14.5. The summed E-state index contributed by atoms with van der Waals surface area (Å²) in [6.45, 7) is 0.744. The summed E-state index contributed by atoms with van der Waals surface area (Å²) in [5.41, 5.74) is -0.242. The van der Waals surface area contributed by atoms with Gasteiger partial charge in [0.1, 0.15) is 6.61 Å². The summed E-state index contributed by atoms with van der Waals surface area (Å²) < 4.78 is 16.8. The molecule has 0 aromatic heterocycles. The average molecular weight is 309 g/mol. The van der Waals surface area contributed by atoms with Gasteiger partial charge in [-0.25, -0.2) is 0 Å². The van der Waals surface area contributed by atoms with Gasteiger partial charge in [-0.3, -0.25) is 4.79 Å². The summed E-state index contributed by atoms with van der Waals surface area (Å²) in [5, 5.41) is 2.93. The van der Waals surface area contributed by atoms with Gasteiger partial charge >= 0.3 is 0 Å². The molecule has 0 aliphatic carbocycles. The predicted molar refractivity (Wildman–Crippen MR) is 81.0 cm³/mol. The van der Waals surface area contributed by atoms with Crippen LogP contribution in [0.4, 0.5) is 0 Å². The minimum atomic E-state index is -0.608. The molecule has 2 aliphatic heterocycles. The van der Waals surface area contributed by atoms with Crippen molar-refractivity contribution in [2.45, 2.75) is 18.1 Å². The summed E-state index contributed by atoms with van der Waals surface area (Å²) in [6.07, 6.45) is 0.349. The first-order chi connectivity index (χ1) is 10.2. The highest BCUT2D eigenvalue weighted by Crippen LogP contribution is 2.32. The smallest absolute Gasteiger partial charge is 0.264 e. The van der Waals surface area contributed by atoms with E-state index < -0.39 is 6.10 Å². The predicted octanol–water partition coefficient (Wildman–Crippen LogP) is 1.46. The van der Waals surface area contributed by atoms with Crippen LogP contribution in [0.2, 0.25) is 0 Å². The number of ether oxygens (including phenoxy) is 3. The number of hydrogen-bond donors (Lipinski definition) is 1. The van der Waals surface area contributed by atoms with Crippen LogP contribution in [0.15, 0.2) is 24.3 Å². The highest BCUT2D eigenvalue weighted by atomic mass is 32.2. The average Bonchev–Trinajstić information content (AvgIpc) is 3.01. The molecule has 1 saturated heterocycles. The topological polar surface area (TPSA) is 56.8 Å². The van der Waals surface area contributed by atoms with Crippen LogP contribution in [0.5, 0.6) is 11.5 Å². The van der Waals surface area contributed by atoms with Crippen molar-refractivity contribution in [2.24, 2.45) is 0 Å². The number of rotatable bonds is 4. The molecule has 0 spiro atoms. The Balaban J connectivity index is 1.57. The Morgan fingerprint density at radius 2 is 2.29 bits per heavy atom. The van der Waals surface area contributed by atoms with Crippen molar-refractivity contribution in [1.82, 2.24) is 5.32 Å². The molecule has 3 rings (SSSR count). The highest BCUT2D eigenvalue weighted by Gasteiger charge is 2.36. The Labute approximate surface area is 128 Å². The van der Waals surface area contributed by atoms with Crippen molar-refractivity contribution in [1.29, 1.82) is 0 Å². The lowest BCUT2D eigenvalue weighted by molar-refractivity contribution is -0.131. The van der Waals surface area contributed by atoms with Crippen molar-refractivity contribution >= 4 is 17.7 Å². The van der Waals surface area contributed by atoms with Crippen LogP contribution in [0.3, 0.4) is 0 Å². The van der Waals surface area contributed by atoms with Crippen molar-refractivity contribution in [2.75, 3.05) is 31.8 Å². The second-order valence-electron chi connectivity index (χ2n) is 5.27. The molecule has 6 heteroatoms. The molecule has 2 unspecified atom stereocenters. The van der Waals surface area contributed by atoms with Crippen molar-refractivity contribution in [3.05, 3.63) is 24.3 Å². The van der Waals surface area contributed by atoms with E-state index in [1.54, 1.807) is 13.2 Å². The normalized spacial score (nSPS) is 27.4. The largest absolute Gasteiger partial charge is 0.485 e. The third-order valence-corrected chi connectivity index (χ3v) is 5.11. The molecule has 0 saturated carbocycles. The summed E-state index contributed by atoms with van der Waals surface area (Å²) in [4.78, 5) is 12.2. The van der Waals surface area contributed by atoms with E-state index in [0.29, 0.717) is 18.0 Å². The third kappa shape index (κ3) is 3.11. The van der Waals surface area contributed by atoms with Gasteiger partial charge in [0.25, 0.3) is 5.91 Å². The van der Waals surface area contributed by atoms with Crippen LogP contribution in [-0.2, 0) is 9.53 Å². The number of nitrogens with one attached hydrogen (secondary N) is 1. The number of carbonyl (C=O) groups is 1. The second kappa shape index (κ2) is 6.15. The minimum absolute atomic E-state index is 0.155. The van der Waals surface area contributed by atoms with Crippen LogP contribution in [0.1, 0.15) is 6.42 Å². The van der Waals surface area contributed by atoms with Crippen LogP contribution < -0.4 is 14.8 Å². The van der Waals surface area contributed by atoms with E-state index in [1.165, 1.54) is 0 Å². The SMILES string of the molecule is COC1(CNC(=O)C2COc3ccccc3O2)CCSC1. The number of amides is 1. The molecule has 1 fully saturated rings. The Morgan fingerprint density at radius 1 is 1.48 bits per heavy atom. The summed E-state index contributed by atoms with van der Waals surface area (Å²) >= 11 is 1.85. The standard InChI is InChI=1S/C15H19NO4S/c1-18-15(6-7-21-10-15)9-16-14(17)13-8-19-11-4-2-3-5-12(11)20-13/h2-5,13H,6-10H2,1H3,(H,16,17). The molecule has 1 amide bonds. The van der Waals surface area contributed by atoms with E-state index in [2.05, 4.69) is 5.32 Å². The van der Waals surface area contributed by atoms with Gasteiger partial charge in [0, 0.05) is 19.4 Å². The second-order valence-corrected chi connectivity index (χ2v) is 6.38. The minimum Gasteiger partial charge on any atom is -0.485 e. The van der Waals surface area contributed by atoms with Gasteiger partial charge in [0.05, 0.1) is 5.60 Å². The van der Waals surface area contributed by atoms with E-state index in [-0.39, 0.29) is 18.1 Å². The maximum Gasteiger partial charge on any atom is 0.264 e. The van der Waals surface area contributed by atoms with Crippen LogP contribution in [0, 0.1) is 0 Å². The van der Waals surface area contributed by atoms with E-state index in [0.717, 1.165) is 17.9 Å². The molecule has 2 aliphatic rings. The number of benzene rings is 1. The highest BCUT2D eigenvalue weighted by molar-refractivity contribution is 7.99. The lowest BCUT2D eigenvalue weighted by Crippen LogP contribution is -2.50. The lowest BCUT2D eigenvalue weighted by atomic mass is 10.0. The van der Waals surface area contributed by atoms with Crippen molar-refractivity contribution in [3.63, 3.8) is 0 Å². The molecule has 114 valence electrons. The zero-order chi connectivity index (χ0) is 14.7. The lowest BCUT2D eigenvalue weighted by Gasteiger charge is -2.29. The molecular weight excluding hydrogens is 290 g/mol. The first-order valence-electron chi connectivity index (χ1n) is 7.01. The zero-order valence-corrected chi connectivity index (χ0v) is 12.8. The first-order valence-corrected chi connectivity index (χ1v) is 8.17. The van der Waals surface area contributed by atoms with Gasteiger partial charge in [0.2, 0.25) is 6.10 Å². The Hall–Kier alpha value is -1.40. The Bertz CT molecular complexity index is 516. The summed E-state index contributed by atoms with van der Waals surface area (Å²) in [6, 6.07) is 7.37. The number of methoxy groups -OCH3 is 1. The summed E-state index contributed by atoms with van der Waals surface area (Å²) in [5.74, 6) is 3.12. The van der Waals surface area contributed by atoms with Gasteiger partial charge in [0.15, 0.2) is 11.5 Å². The maximum atomic E-state index is 12.2. The molecule has 0 radical (unpaired) electrons. The van der Waals surface area contributed by atoms with E-state index in [9.17, 15) is 4.79 Å². The van der Waals surface area contributed by atoms with Crippen LogP contribution in [0.25, 0.3) is 0 Å². The van der Waals surface area contributed by atoms with Gasteiger partial charge < -0.3 is 19.5 Å². The molecule has 2 atom stereocenters. The fourth-order valence-corrected chi connectivity index (χ4v) is 3.87. The van der Waals surface area contributed by atoms with Crippen LogP contribution >= 0.6 is 11.8 Å². The molecule has 21 heavy (non-hydrogen) atoms. The third-order valence-electron chi connectivity index (χ3n) is 3.89. The number of thioether (sulfide) groups is 1. The van der Waals surface area contributed by atoms with E-state index in [4.69, 9.17) is 14.2 Å². The van der Waals surface area contributed by atoms with Crippen LogP contribution in [-0.4, -0.2) is 49.4 Å². The zero-order valence-electron chi connectivity index (χ0n) is 12.0. The fourth-order valence-electron chi connectivity index (χ4n) is 2.47. The molecule has 1 aromatic rings. The number of carbonyl (C=O) groups excluding carboxylic acids is 1. The number of hydrogen-bond acceptors (Lipinski definition) is 5. The molecule has 1 aromatic carbocycles. The number of fused-ring (bicyclic) bond motifs is 1. The quantitative estimate of drug-likeness (QED) is 0.912. The summed E-state index contributed by atoms with van der Waals surface area (Å²) in [7, 11) is 1.70. The fraction of sp³-hybridized carbons (Fsp3) is 0.533. The van der Waals surface area contributed by atoms with Gasteiger partial charge in [-0.15, -0.1) is 0 Å². The van der Waals surface area contributed by atoms with Gasteiger partial charge in [-0.1, -0.05) is 12.1 Å². The maximum absolute atomic E-state index is 12.2. The number of para-hydroxylation sites is 2. The Kier molecular flexibility index (Phi) is 4.26. The van der Waals surface area contributed by atoms with E-state index >= 15 is 0 Å².